The van der Waals surface area contributed by atoms with Crippen molar-refractivity contribution >= 4 is 0 Å². The van der Waals surface area contributed by atoms with Crippen LogP contribution in [0, 0.1) is 0 Å². The standard InChI is InChI=1S/C8H7F11O/c9-4(6(12,13)14)7(15,16)20-3-1-2-5(10,11)8(17,18)19/h4H,1-3H2/t4-/m0/s1. The fourth-order valence-corrected chi connectivity index (χ4v) is 0.908. The molecule has 0 aliphatic carbocycles. The Labute approximate surface area is 104 Å². The van der Waals surface area contributed by atoms with Crippen LogP contribution in [0.1, 0.15) is 12.8 Å². The molecule has 0 aliphatic rings. The van der Waals surface area contributed by atoms with Gasteiger partial charge in [-0.05, 0) is 6.42 Å². The van der Waals surface area contributed by atoms with Crippen LogP contribution in [0.15, 0.2) is 0 Å². The molecule has 0 rings (SSSR count). The van der Waals surface area contributed by atoms with E-state index >= 15 is 0 Å². The second-order valence-corrected chi connectivity index (χ2v) is 3.62. The molecular formula is C8H7F11O. The van der Waals surface area contributed by atoms with Crippen LogP contribution in [0.4, 0.5) is 48.3 Å². The molecule has 0 bridgehead atoms. The van der Waals surface area contributed by atoms with Crippen molar-refractivity contribution in [2.45, 2.75) is 43.4 Å². The zero-order chi connectivity index (χ0) is 16.4. The van der Waals surface area contributed by atoms with Gasteiger partial charge in [0, 0.05) is 6.42 Å². The topological polar surface area (TPSA) is 9.23 Å². The lowest BCUT2D eigenvalue weighted by Gasteiger charge is -2.23. The lowest BCUT2D eigenvalue weighted by molar-refractivity contribution is -0.337. The summed E-state index contributed by atoms with van der Waals surface area (Å²) < 4.78 is 134. The summed E-state index contributed by atoms with van der Waals surface area (Å²) >= 11 is 0. The maximum atomic E-state index is 12.4. The Balaban J connectivity index is 4.32. The van der Waals surface area contributed by atoms with E-state index in [0.717, 1.165) is 0 Å². The number of hydrogen-bond donors (Lipinski definition) is 0. The molecule has 0 fully saturated rings. The normalized spacial score (nSPS) is 16.4. The lowest BCUT2D eigenvalue weighted by atomic mass is 10.2. The van der Waals surface area contributed by atoms with Gasteiger partial charge in [-0.3, -0.25) is 0 Å². The zero-order valence-corrected chi connectivity index (χ0v) is 9.26. The van der Waals surface area contributed by atoms with Crippen molar-refractivity contribution < 1.29 is 53.0 Å². The van der Waals surface area contributed by atoms with Crippen molar-refractivity contribution in [2.24, 2.45) is 0 Å². The van der Waals surface area contributed by atoms with Gasteiger partial charge in [-0.25, -0.2) is 4.39 Å². The summed E-state index contributed by atoms with van der Waals surface area (Å²) in [5.74, 6) is -5.20. The van der Waals surface area contributed by atoms with Crippen LogP contribution in [-0.4, -0.2) is 37.2 Å². The number of ether oxygens (including phenoxy) is 1. The van der Waals surface area contributed by atoms with E-state index in [9.17, 15) is 48.3 Å². The summed E-state index contributed by atoms with van der Waals surface area (Å²) in [6.45, 7) is -1.60. The van der Waals surface area contributed by atoms with Crippen LogP contribution in [0.3, 0.4) is 0 Å². The molecule has 0 heterocycles. The summed E-state index contributed by atoms with van der Waals surface area (Å²) in [5, 5.41) is 0. The van der Waals surface area contributed by atoms with E-state index in [0.29, 0.717) is 0 Å². The number of alkyl halides is 11. The molecule has 0 saturated carbocycles. The molecule has 0 aromatic heterocycles. The van der Waals surface area contributed by atoms with E-state index in [1.165, 1.54) is 0 Å². The summed E-state index contributed by atoms with van der Waals surface area (Å²) in [5.41, 5.74) is 0. The van der Waals surface area contributed by atoms with E-state index < -0.39 is 50.0 Å². The summed E-state index contributed by atoms with van der Waals surface area (Å²) in [7, 11) is 0. The second kappa shape index (κ2) is 5.90. The highest BCUT2D eigenvalue weighted by Gasteiger charge is 2.59. The predicted molar refractivity (Wildman–Crippen MR) is 42.1 cm³/mol. The molecule has 122 valence electrons. The Bertz CT molecular complexity index is 305. The average Bonchev–Trinajstić information content (AvgIpc) is 2.20. The molecule has 0 aliphatic heterocycles. The molecular weight excluding hydrogens is 321 g/mol. The molecule has 0 aromatic carbocycles. The van der Waals surface area contributed by atoms with Crippen molar-refractivity contribution in [3.05, 3.63) is 0 Å². The molecule has 0 saturated heterocycles. The highest BCUT2D eigenvalue weighted by Crippen LogP contribution is 2.39. The largest absolute Gasteiger partial charge is 0.453 e. The first-order valence-electron chi connectivity index (χ1n) is 4.78. The summed E-state index contributed by atoms with van der Waals surface area (Å²) in [4.78, 5) is 0. The van der Waals surface area contributed by atoms with Gasteiger partial charge in [-0.2, -0.15) is 43.9 Å². The Morgan fingerprint density at radius 1 is 0.800 bits per heavy atom. The van der Waals surface area contributed by atoms with Gasteiger partial charge in [0.15, 0.2) is 0 Å². The van der Waals surface area contributed by atoms with Crippen LogP contribution in [0.25, 0.3) is 0 Å². The van der Waals surface area contributed by atoms with E-state index in [1.807, 2.05) is 0 Å². The molecule has 0 aromatic rings. The number of hydrogen-bond acceptors (Lipinski definition) is 1. The van der Waals surface area contributed by atoms with Gasteiger partial charge in [0.1, 0.15) is 0 Å². The van der Waals surface area contributed by atoms with Crippen molar-refractivity contribution in [3.63, 3.8) is 0 Å². The number of rotatable bonds is 6. The SMILES string of the molecule is F[C@@H](C(F)(F)F)C(F)(F)OCCCC(F)(F)C(F)(F)F. The highest BCUT2D eigenvalue weighted by molar-refractivity contribution is 4.77. The van der Waals surface area contributed by atoms with Crippen molar-refractivity contribution in [1.29, 1.82) is 0 Å². The molecule has 0 unspecified atom stereocenters. The first-order valence-corrected chi connectivity index (χ1v) is 4.78. The predicted octanol–water partition coefficient (Wildman–Crippen LogP) is 4.47. The Morgan fingerprint density at radius 3 is 1.60 bits per heavy atom. The van der Waals surface area contributed by atoms with Crippen LogP contribution in [-0.2, 0) is 4.74 Å². The van der Waals surface area contributed by atoms with Crippen LogP contribution >= 0.6 is 0 Å². The fraction of sp³-hybridized carbons (Fsp3) is 1.00. The zero-order valence-electron chi connectivity index (χ0n) is 9.26. The summed E-state index contributed by atoms with van der Waals surface area (Å²) in [6, 6.07) is 0. The maximum Gasteiger partial charge on any atom is 0.453 e. The van der Waals surface area contributed by atoms with E-state index in [4.69, 9.17) is 0 Å². The first kappa shape index (κ1) is 19.2. The van der Waals surface area contributed by atoms with Crippen molar-refractivity contribution in [1.82, 2.24) is 0 Å². The van der Waals surface area contributed by atoms with Crippen LogP contribution in [0.2, 0.25) is 0 Å². The van der Waals surface area contributed by atoms with Gasteiger partial charge >= 0.3 is 24.4 Å². The van der Waals surface area contributed by atoms with E-state index in [2.05, 4.69) is 4.74 Å². The van der Waals surface area contributed by atoms with Gasteiger partial charge in [0.05, 0.1) is 6.61 Å². The van der Waals surface area contributed by atoms with E-state index in [1.54, 1.807) is 0 Å². The van der Waals surface area contributed by atoms with Gasteiger partial charge in [0.2, 0.25) is 0 Å². The molecule has 12 heteroatoms. The van der Waals surface area contributed by atoms with Gasteiger partial charge in [-0.15, -0.1) is 0 Å². The highest BCUT2D eigenvalue weighted by atomic mass is 19.4. The fourth-order valence-electron chi connectivity index (χ4n) is 0.908. The first-order chi connectivity index (χ1) is 8.61. The molecule has 0 spiro atoms. The minimum Gasteiger partial charge on any atom is -0.318 e. The third-order valence-corrected chi connectivity index (χ3v) is 1.93. The molecule has 20 heavy (non-hydrogen) atoms. The Morgan fingerprint density at radius 2 is 1.25 bits per heavy atom. The van der Waals surface area contributed by atoms with Crippen LogP contribution in [0.5, 0.6) is 0 Å². The Hall–Kier alpha value is -0.810. The molecule has 1 nitrogen and oxygen atoms in total. The van der Waals surface area contributed by atoms with Crippen LogP contribution < -0.4 is 0 Å². The van der Waals surface area contributed by atoms with Crippen molar-refractivity contribution in [3.8, 4) is 0 Å². The van der Waals surface area contributed by atoms with Gasteiger partial charge in [0.25, 0.3) is 6.17 Å². The van der Waals surface area contributed by atoms with E-state index in [-0.39, 0.29) is 0 Å². The Kier molecular flexibility index (Phi) is 5.66. The monoisotopic (exact) mass is 328 g/mol. The molecule has 1 atom stereocenters. The van der Waals surface area contributed by atoms with Gasteiger partial charge < -0.3 is 4.74 Å². The van der Waals surface area contributed by atoms with Crippen molar-refractivity contribution in [2.75, 3.05) is 6.61 Å². The lowest BCUT2D eigenvalue weighted by Crippen LogP contribution is -2.44. The average molecular weight is 328 g/mol. The molecule has 0 amide bonds. The summed E-state index contributed by atoms with van der Waals surface area (Å²) in [6.07, 6.45) is -25.3. The minimum absolute atomic E-state index is 1.34. The smallest absolute Gasteiger partial charge is 0.318 e. The minimum atomic E-state index is -5.96. The maximum absolute atomic E-state index is 12.4. The second-order valence-electron chi connectivity index (χ2n) is 3.62. The molecule has 0 N–H and O–H groups in total. The molecule has 0 radical (unpaired) electrons. The third-order valence-electron chi connectivity index (χ3n) is 1.93. The quantitative estimate of drug-likeness (QED) is 0.516. The number of halogens is 11. The van der Waals surface area contributed by atoms with Gasteiger partial charge in [-0.1, -0.05) is 0 Å². The third kappa shape index (κ3) is 5.29.